The predicted octanol–water partition coefficient (Wildman–Crippen LogP) is 2.42. The molecule has 1 heterocycles. The predicted molar refractivity (Wildman–Crippen MR) is 85.4 cm³/mol. The fourth-order valence-electron chi connectivity index (χ4n) is 2.83. The highest BCUT2D eigenvalue weighted by Crippen LogP contribution is 2.17. The second kappa shape index (κ2) is 8.28. The molecule has 1 amide bonds. The number of carbonyl (C=O) groups excluding carboxylic acids is 1. The summed E-state index contributed by atoms with van der Waals surface area (Å²) in [6.45, 7) is 4.91. The van der Waals surface area contributed by atoms with Crippen molar-refractivity contribution in [2.45, 2.75) is 26.2 Å². The number of carbonyl (C=O) groups is 1. The molecule has 0 aromatic heterocycles. The number of nitrogens with one attached hydrogen (secondary N) is 1. The Morgan fingerprint density at radius 1 is 1.40 bits per heavy atom. The van der Waals surface area contributed by atoms with Gasteiger partial charge >= 0.3 is 0 Å². The Morgan fingerprint density at radius 2 is 2.15 bits per heavy atom. The lowest BCUT2D eigenvalue weighted by Crippen LogP contribution is -2.43. The van der Waals surface area contributed by atoms with Crippen molar-refractivity contribution >= 4 is 18.3 Å². The molecule has 1 fully saturated rings. The number of hydrogen-bond acceptors (Lipinski definition) is 2. The lowest BCUT2D eigenvalue weighted by Gasteiger charge is -2.33. The fourth-order valence-corrected chi connectivity index (χ4v) is 2.83. The zero-order valence-electron chi connectivity index (χ0n) is 12.4. The smallest absolute Gasteiger partial charge is 0.227 e. The van der Waals surface area contributed by atoms with Gasteiger partial charge in [-0.3, -0.25) is 4.79 Å². The van der Waals surface area contributed by atoms with Crippen LogP contribution in [0.2, 0.25) is 0 Å². The molecule has 20 heavy (non-hydrogen) atoms. The molecule has 1 aliphatic rings. The van der Waals surface area contributed by atoms with Crippen LogP contribution in [-0.2, 0) is 11.2 Å². The Hall–Kier alpha value is -1.06. The average Bonchev–Trinajstić information content (AvgIpc) is 2.42. The van der Waals surface area contributed by atoms with Crippen molar-refractivity contribution in [2.75, 3.05) is 26.7 Å². The molecule has 1 atom stereocenters. The van der Waals surface area contributed by atoms with Crippen molar-refractivity contribution < 1.29 is 4.79 Å². The van der Waals surface area contributed by atoms with E-state index in [0.29, 0.717) is 12.3 Å². The largest absolute Gasteiger partial charge is 0.342 e. The Kier molecular flexibility index (Phi) is 7.03. The second-order valence-electron chi connectivity index (χ2n) is 5.51. The van der Waals surface area contributed by atoms with Crippen LogP contribution in [0.4, 0.5) is 0 Å². The minimum Gasteiger partial charge on any atom is -0.342 e. The molecule has 3 nitrogen and oxygen atoms in total. The van der Waals surface area contributed by atoms with Gasteiger partial charge in [0.15, 0.2) is 0 Å². The van der Waals surface area contributed by atoms with Crippen LogP contribution in [0.5, 0.6) is 0 Å². The number of likely N-dealkylation sites (tertiary alicyclic amines) is 1. The van der Waals surface area contributed by atoms with Crippen LogP contribution in [0.3, 0.4) is 0 Å². The molecule has 2 rings (SSSR count). The van der Waals surface area contributed by atoms with Gasteiger partial charge in [-0.15, -0.1) is 12.4 Å². The number of nitrogens with zero attached hydrogens (tertiary/aromatic N) is 1. The van der Waals surface area contributed by atoms with Gasteiger partial charge in [0.05, 0.1) is 6.42 Å². The van der Waals surface area contributed by atoms with E-state index in [-0.39, 0.29) is 18.3 Å². The van der Waals surface area contributed by atoms with Crippen LogP contribution < -0.4 is 5.32 Å². The van der Waals surface area contributed by atoms with E-state index in [2.05, 4.69) is 24.4 Å². The van der Waals surface area contributed by atoms with Gasteiger partial charge in [0.2, 0.25) is 5.91 Å². The first-order valence-corrected chi connectivity index (χ1v) is 7.17. The van der Waals surface area contributed by atoms with Crippen molar-refractivity contribution in [1.29, 1.82) is 0 Å². The van der Waals surface area contributed by atoms with Crippen LogP contribution >= 0.6 is 12.4 Å². The molecule has 1 aromatic rings. The number of amides is 1. The SMILES string of the molecule is CNCC1CCCN(C(=O)Cc2ccccc2C)C1.Cl. The van der Waals surface area contributed by atoms with Crippen molar-refractivity contribution in [3.63, 3.8) is 0 Å². The van der Waals surface area contributed by atoms with Gasteiger partial charge in [0.25, 0.3) is 0 Å². The molecule has 0 aliphatic carbocycles. The molecule has 1 saturated heterocycles. The second-order valence-corrected chi connectivity index (χ2v) is 5.51. The van der Waals surface area contributed by atoms with Crippen LogP contribution in [-0.4, -0.2) is 37.5 Å². The molecule has 1 N–H and O–H groups in total. The van der Waals surface area contributed by atoms with E-state index in [4.69, 9.17) is 0 Å². The van der Waals surface area contributed by atoms with E-state index < -0.39 is 0 Å². The summed E-state index contributed by atoms with van der Waals surface area (Å²) in [5, 5.41) is 3.22. The quantitative estimate of drug-likeness (QED) is 0.925. The van der Waals surface area contributed by atoms with E-state index >= 15 is 0 Å². The highest BCUT2D eigenvalue weighted by molar-refractivity contribution is 5.85. The first-order valence-electron chi connectivity index (χ1n) is 7.17. The minimum atomic E-state index is 0. The summed E-state index contributed by atoms with van der Waals surface area (Å²) >= 11 is 0. The molecule has 1 aliphatic heterocycles. The molecule has 1 unspecified atom stereocenters. The van der Waals surface area contributed by atoms with Crippen LogP contribution in [0, 0.1) is 12.8 Å². The van der Waals surface area contributed by atoms with Gasteiger partial charge in [-0.2, -0.15) is 0 Å². The van der Waals surface area contributed by atoms with E-state index in [1.807, 2.05) is 24.1 Å². The molecule has 0 spiro atoms. The van der Waals surface area contributed by atoms with E-state index in [1.54, 1.807) is 0 Å². The van der Waals surface area contributed by atoms with E-state index in [0.717, 1.165) is 31.6 Å². The molecule has 0 radical (unpaired) electrons. The first-order chi connectivity index (χ1) is 9.20. The number of benzene rings is 1. The molecule has 112 valence electrons. The topological polar surface area (TPSA) is 32.3 Å². The number of piperidine rings is 1. The van der Waals surface area contributed by atoms with Crippen molar-refractivity contribution in [3.05, 3.63) is 35.4 Å². The maximum absolute atomic E-state index is 12.4. The fraction of sp³-hybridized carbons (Fsp3) is 0.562. The van der Waals surface area contributed by atoms with Crippen LogP contribution in [0.15, 0.2) is 24.3 Å². The van der Waals surface area contributed by atoms with Gasteiger partial charge in [0, 0.05) is 13.1 Å². The average molecular weight is 297 g/mol. The molecular weight excluding hydrogens is 272 g/mol. The highest BCUT2D eigenvalue weighted by atomic mass is 35.5. The van der Waals surface area contributed by atoms with Gasteiger partial charge < -0.3 is 10.2 Å². The van der Waals surface area contributed by atoms with Crippen molar-refractivity contribution in [2.24, 2.45) is 5.92 Å². The van der Waals surface area contributed by atoms with Gasteiger partial charge in [-0.1, -0.05) is 24.3 Å². The molecular formula is C16H25ClN2O. The number of halogens is 1. The monoisotopic (exact) mass is 296 g/mol. The maximum Gasteiger partial charge on any atom is 0.227 e. The van der Waals surface area contributed by atoms with Crippen molar-refractivity contribution in [3.8, 4) is 0 Å². The van der Waals surface area contributed by atoms with Gasteiger partial charge in [-0.05, 0) is 50.4 Å². The standard InChI is InChI=1S/C16H24N2O.ClH/c1-13-6-3-4-8-15(13)10-16(19)18-9-5-7-14(12-18)11-17-2;/h3-4,6,8,14,17H,5,7,9-12H2,1-2H3;1H. The Balaban J connectivity index is 0.00000200. The summed E-state index contributed by atoms with van der Waals surface area (Å²) in [5.41, 5.74) is 2.36. The number of hydrogen-bond donors (Lipinski definition) is 1. The minimum absolute atomic E-state index is 0. The van der Waals surface area contributed by atoms with Gasteiger partial charge in [-0.25, -0.2) is 0 Å². The third-order valence-corrected chi connectivity index (χ3v) is 3.97. The first kappa shape index (κ1) is 17.0. The Labute approximate surface area is 128 Å². The van der Waals surface area contributed by atoms with Crippen molar-refractivity contribution in [1.82, 2.24) is 10.2 Å². The maximum atomic E-state index is 12.4. The summed E-state index contributed by atoms with van der Waals surface area (Å²) in [4.78, 5) is 14.4. The normalized spacial score (nSPS) is 18.5. The molecule has 1 aromatic carbocycles. The van der Waals surface area contributed by atoms with Crippen LogP contribution in [0.1, 0.15) is 24.0 Å². The van der Waals surface area contributed by atoms with E-state index in [9.17, 15) is 4.79 Å². The third kappa shape index (κ3) is 4.50. The Morgan fingerprint density at radius 3 is 2.85 bits per heavy atom. The zero-order chi connectivity index (χ0) is 13.7. The zero-order valence-corrected chi connectivity index (χ0v) is 13.2. The summed E-state index contributed by atoms with van der Waals surface area (Å²) in [5.74, 6) is 0.884. The molecule has 0 saturated carbocycles. The highest BCUT2D eigenvalue weighted by Gasteiger charge is 2.23. The summed E-state index contributed by atoms with van der Waals surface area (Å²) < 4.78 is 0. The van der Waals surface area contributed by atoms with Crippen LogP contribution in [0.25, 0.3) is 0 Å². The lowest BCUT2D eigenvalue weighted by molar-refractivity contribution is -0.132. The summed E-state index contributed by atoms with van der Waals surface area (Å²) in [7, 11) is 1.98. The molecule has 0 bridgehead atoms. The van der Waals surface area contributed by atoms with Gasteiger partial charge in [0.1, 0.15) is 0 Å². The summed E-state index contributed by atoms with van der Waals surface area (Å²) in [6, 6.07) is 8.16. The Bertz CT molecular complexity index is 434. The molecule has 4 heteroatoms. The third-order valence-electron chi connectivity index (χ3n) is 3.97. The number of aryl methyl sites for hydroxylation is 1. The van der Waals surface area contributed by atoms with E-state index in [1.165, 1.54) is 12.0 Å². The summed E-state index contributed by atoms with van der Waals surface area (Å²) in [6.07, 6.45) is 2.90. The number of rotatable bonds is 4. The lowest BCUT2D eigenvalue weighted by atomic mass is 9.97.